The van der Waals surface area contributed by atoms with Crippen LogP contribution in [-0.4, -0.2) is 13.4 Å². The minimum atomic E-state index is -0.0957. The van der Waals surface area contributed by atoms with Gasteiger partial charge in [0.1, 0.15) is 6.29 Å². The standard InChI is InChI=1S/C18H26O2/c1-12-8-9-18(11-19)13(2)4-7-17(18)16-10-14(20-3)5-6-15(12)16/h5,11-13,17H,4,6-10H2,1-3H3/t12-,13-,17-,18-/m1/s1. The summed E-state index contributed by atoms with van der Waals surface area (Å²) in [5.74, 6) is 2.71. The monoisotopic (exact) mass is 274 g/mol. The predicted octanol–water partition coefficient (Wildman–Crippen LogP) is 4.27. The third-order valence-corrected chi connectivity index (χ3v) is 6.29. The fourth-order valence-electron chi connectivity index (χ4n) is 4.86. The van der Waals surface area contributed by atoms with Crippen LogP contribution in [0.2, 0.25) is 0 Å². The molecular formula is C18H26O2. The molecule has 0 aliphatic heterocycles. The average Bonchev–Trinajstić information content (AvgIpc) is 2.74. The van der Waals surface area contributed by atoms with Gasteiger partial charge in [-0.3, -0.25) is 0 Å². The zero-order valence-electron chi connectivity index (χ0n) is 12.9. The van der Waals surface area contributed by atoms with Crippen molar-refractivity contribution in [3.63, 3.8) is 0 Å². The van der Waals surface area contributed by atoms with Crippen LogP contribution in [0.3, 0.4) is 0 Å². The number of methoxy groups -OCH3 is 1. The molecule has 0 spiro atoms. The van der Waals surface area contributed by atoms with E-state index in [4.69, 9.17) is 4.74 Å². The van der Waals surface area contributed by atoms with Crippen molar-refractivity contribution in [2.75, 3.05) is 7.11 Å². The van der Waals surface area contributed by atoms with Crippen LogP contribution < -0.4 is 0 Å². The summed E-state index contributed by atoms with van der Waals surface area (Å²) in [6, 6.07) is 0. The first-order valence-corrected chi connectivity index (χ1v) is 8.03. The van der Waals surface area contributed by atoms with Crippen LogP contribution in [-0.2, 0) is 9.53 Å². The molecule has 3 rings (SSSR count). The lowest BCUT2D eigenvalue weighted by molar-refractivity contribution is -0.120. The molecule has 2 nitrogen and oxygen atoms in total. The van der Waals surface area contributed by atoms with E-state index < -0.39 is 0 Å². The molecule has 3 aliphatic rings. The zero-order chi connectivity index (χ0) is 14.3. The van der Waals surface area contributed by atoms with E-state index in [9.17, 15) is 4.79 Å². The highest BCUT2D eigenvalue weighted by atomic mass is 16.5. The second-order valence-corrected chi connectivity index (χ2v) is 7.01. The quantitative estimate of drug-likeness (QED) is 0.555. The molecule has 0 unspecified atom stereocenters. The number of carbonyl (C=O) groups excluding carboxylic acids is 1. The zero-order valence-corrected chi connectivity index (χ0v) is 12.9. The van der Waals surface area contributed by atoms with Crippen LogP contribution >= 0.6 is 0 Å². The number of aldehydes is 1. The van der Waals surface area contributed by atoms with Crippen LogP contribution in [0.4, 0.5) is 0 Å². The lowest BCUT2D eigenvalue weighted by atomic mass is 9.68. The second-order valence-electron chi connectivity index (χ2n) is 7.01. The third-order valence-electron chi connectivity index (χ3n) is 6.29. The highest BCUT2D eigenvalue weighted by molar-refractivity contribution is 5.63. The van der Waals surface area contributed by atoms with Crippen molar-refractivity contribution in [3.05, 3.63) is 23.0 Å². The highest BCUT2D eigenvalue weighted by Crippen LogP contribution is 2.57. The topological polar surface area (TPSA) is 26.3 Å². The van der Waals surface area contributed by atoms with Crippen molar-refractivity contribution < 1.29 is 9.53 Å². The SMILES string of the molecule is COC1=CCC2=C(C1)[C@H]1CC[C@@H](C)[C@]1(C=O)CC[C@H]2C. The van der Waals surface area contributed by atoms with E-state index in [0.29, 0.717) is 17.8 Å². The van der Waals surface area contributed by atoms with Gasteiger partial charge < -0.3 is 9.53 Å². The number of hydrogen-bond donors (Lipinski definition) is 0. The summed E-state index contributed by atoms with van der Waals surface area (Å²) in [6.07, 6.45) is 10.1. The Morgan fingerprint density at radius 3 is 2.75 bits per heavy atom. The van der Waals surface area contributed by atoms with E-state index in [0.717, 1.165) is 31.4 Å². The lowest BCUT2D eigenvalue weighted by Gasteiger charge is -2.35. The molecule has 0 aromatic carbocycles. The molecule has 3 aliphatic carbocycles. The summed E-state index contributed by atoms with van der Waals surface area (Å²) >= 11 is 0. The Labute approximate surface area is 122 Å². The highest BCUT2D eigenvalue weighted by Gasteiger charge is 2.51. The fraction of sp³-hybridized carbons (Fsp3) is 0.722. The largest absolute Gasteiger partial charge is 0.501 e. The van der Waals surface area contributed by atoms with E-state index in [-0.39, 0.29) is 5.41 Å². The lowest BCUT2D eigenvalue weighted by Crippen LogP contribution is -2.33. The maximum atomic E-state index is 12.0. The van der Waals surface area contributed by atoms with Crippen LogP contribution in [0, 0.1) is 23.2 Å². The molecule has 0 aromatic heterocycles. The molecule has 0 saturated heterocycles. The summed E-state index contributed by atoms with van der Waals surface area (Å²) < 4.78 is 5.50. The minimum Gasteiger partial charge on any atom is -0.501 e. The van der Waals surface area contributed by atoms with Crippen molar-refractivity contribution in [1.82, 2.24) is 0 Å². The van der Waals surface area contributed by atoms with Gasteiger partial charge in [0.25, 0.3) is 0 Å². The second kappa shape index (κ2) is 5.05. The van der Waals surface area contributed by atoms with Crippen LogP contribution in [0.5, 0.6) is 0 Å². The van der Waals surface area contributed by atoms with Gasteiger partial charge in [0, 0.05) is 11.8 Å². The summed E-state index contributed by atoms with van der Waals surface area (Å²) in [7, 11) is 1.77. The number of fused-ring (bicyclic) bond motifs is 2. The first-order chi connectivity index (χ1) is 9.62. The van der Waals surface area contributed by atoms with Crippen LogP contribution in [0.15, 0.2) is 23.0 Å². The first kappa shape index (κ1) is 13.9. The number of hydrogen-bond acceptors (Lipinski definition) is 2. The molecule has 1 saturated carbocycles. The van der Waals surface area contributed by atoms with Gasteiger partial charge in [0.15, 0.2) is 0 Å². The smallest absolute Gasteiger partial charge is 0.127 e. The maximum absolute atomic E-state index is 12.0. The van der Waals surface area contributed by atoms with Crippen molar-refractivity contribution in [1.29, 1.82) is 0 Å². The summed E-state index contributed by atoms with van der Waals surface area (Å²) in [6.45, 7) is 4.62. The molecule has 1 fully saturated rings. The Hall–Kier alpha value is -1.05. The van der Waals surface area contributed by atoms with E-state index >= 15 is 0 Å². The minimum absolute atomic E-state index is 0.0957. The Bertz CT molecular complexity index is 474. The Kier molecular flexibility index (Phi) is 3.51. The average molecular weight is 274 g/mol. The van der Waals surface area contributed by atoms with Gasteiger partial charge in [-0.15, -0.1) is 0 Å². The Morgan fingerprint density at radius 1 is 1.25 bits per heavy atom. The Balaban J connectivity index is 2.03. The van der Waals surface area contributed by atoms with Crippen LogP contribution in [0.1, 0.15) is 52.4 Å². The van der Waals surface area contributed by atoms with E-state index in [2.05, 4.69) is 19.9 Å². The van der Waals surface area contributed by atoms with Gasteiger partial charge in [-0.25, -0.2) is 0 Å². The normalized spacial score (nSPS) is 40.5. The molecular weight excluding hydrogens is 248 g/mol. The Morgan fingerprint density at radius 2 is 2.05 bits per heavy atom. The van der Waals surface area contributed by atoms with Crippen LogP contribution in [0.25, 0.3) is 0 Å². The third kappa shape index (κ3) is 1.88. The number of rotatable bonds is 2. The van der Waals surface area contributed by atoms with Gasteiger partial charge in [-0.1, -0.05) is 25.0 Å². The van der Waals surface area contributed by atoms with Gasteiger partial charge in [-0.2, -0.15) is 0 Å². The molecule has 0 N–H and O–H groups in total. The van der Waals surface area contributed by atoms with E-state index in [1.807, 2.05) is 0 Å². The molecule has 110 valence electrons. The predicted molar refractivity (Wildman–Crippen MR) is 80.1 cm³/mol. The van der Waals surface area contributed by atoms with Crippen molar-refractivity contribution in [2.24, 2.45) is 23.2 Å². The number of ether oxygens (including phenoxy) is 1. The molecule has 20 heavy (non-hydrogen) atoms. The maximum Gasteiger partial charge on any atom is 0.127 e. The molecule has 0 radical (unpaired) electrons. The molecule has 0 bridgehead atoms. The van der Waals surface area contributed by atoms with Gasteiger partial charge >= 0.3 is 0 Å². The van der Waals surface area contributed by atoms with Gasteiger partial charge in [0.2, 0.25) is 0 Å². The number of allylic oxidation sites excluding steroid dienone is 3. The van der Waals surface area contributed by atoms with Gasteiger partial charge in [-0.05, 0) is 55.9 Å². The first-order valence-electron chi connectivity index (χ1n) is 8.03. The molecule has 0 heterocycles. The van der Waals surface area contributed by atoms with Crippen molar-refractivity contribution in [2.45, 2.75) is 52.4 Å². The molecule has 0 amide bonds. The molecule has 4 atom stereocenters. The fourth-order valence-corrected chi connectivity index (χ4v) is 4.86. The molecule has 0 aromatic rings. The summed E-state index contributed by atoms with van der Waals surface area (Å²) in [5, 5.41) is 0. The summed E-state index contributed by atoms with van der Waals surface area (Å²) in [5.41, 5.74) is 3.06. The van der Waals surface area contributed by atoms with Gasteiger partial charge in [0.05, 0.1) is 12.9 Å². The van der Waals surface area contributed by atoms with Crippen molar-refractivity contribution >= 4 is 6.29 Å². The molecule has 2 heteroatoms. The van der Waals surface area contributed by atoms with E-state index in [1.54, 1.807) is 18.3 Å². The van der Waals surface area contributed by atoms with Crippen molar-refractivity contribution in [3.8, 4) is 0 Å². The van der Waals surface area contributed by atoms with E-state index in [1.165, 1.54) is 19.1 Å². The number of carbonyl (C=O) groups is 1. The summed E-state index contributed by atoms with van der Waals surface area (Å²) in [4.78, 5) is 12.0.